The fourth-order valence-corrected chi connectivity index (χ4v) is 6.92. The third kappa shape index (κ3) is 4.83. The van der Waals surface area contributed by atoms with Gasteiger partial charge >= 0.3 is 0 Å². The summed E-state index contributed by atoms with van der Waals surface area (Å²) in [5.74, 6) is 0. The van der Waals surface area contributed by atoms with Crippen molar-refractivity contribution in [2.75, 3.05) is 4.90 Å². The predicted molar refractivity (Wildman–Crippen MR) is 202 cm³/mol. The molecule has 0 aliphatic rings. The van der Waals surface area contributed by atoms with E-state index in [0.717, 1.165) is 55.5 Å². The van der Waals surface area contributed by atoms with Gasteiger partial charge in [-0.1, -0.05) is 146 Å². The van der Waals surface area contributed by atoms with Crippen molar-refractivity contribution < 1.29 is 4.42 Å². The van der Waals surface area contributed by atoms with E-state index < -0.39 is 0 Å². The monoisotopic (exact) mass is 613 g/mol. The molecule has 48 heavy (non-hydrogen) atoms. The Morgan fingerprint density at radius 3 is 1.46 bits per heavy atom. The van der Waals surface area contributed by atoms with E-state index in [2.05, 4.69) is 193 Å². The Morgan fingerprint density at radius 1 is 0.312 bits per heavy atom. The number of para-hydroxylation sites is 1. The minimum Gasteiger partial charge on any atom is -0.455 e. The van der Waals surface area contributed by atoms with Crippen LogP contribution in [-0.4, -0.2) is 0 Å². The number of benzene rings is 8. The summed E-state index contributed by atoms with van der Waals surface area (Å²) in [7, 11) is 0. The lowest BCUT2D eigenvalue weighted by Crippen LogP contribution is -2.11. The average Bonchev–Trinajstić information content (AvgIpc) is 3.56. The molecule has 9 aromatic rings. The molecule has 1 heterocycles. The van der Waals surface area contributed by atoms with Crippen LogP contribution in [0.5, 0.6) is 0 Å². The minimum atomic E-state index is 0.883. The lowest BCUT2D eigenvalue weighted by Gasteiger charge is -2.28. The Bertz CT molecular complexity index is 2520. The van der Waals surface area contributed by atoms with Gasteiger partial charge in [-0.05, 0) is 75.7 Å². The average molecular weight is 614 g/mol. The molecule has 0 atom stereocenters. The zero-order valence-electron chi connectivity index (χ0n) is 26.3. The van der Waals surface area contributed by atoms with Gasteiger partial charge in [-0.25, -0.2) is 0 Å². The van der Waals surface area contributed by atoms with Gasteiger partial charge in [0.15, 0.2) is 0 Å². The van der Waals surface area contributed by atoms with Crippen LogP contribution in [-0.2, 0) is 0 Å². The van der Waals surface area contributed by atoms with E-state index in [0.29, 0.717) is 0 Å². The van der Waals surface area contributed by atoms with Gasteiger partial charge in [0.25, 0.3) is 0 Å². The van der Waals surface area contributed by atoms with Crippen molar-refractivity contribution in [3.05, 3.63) is 188 Å². The van der Waals surface area contributed by atoms with Gasteiger partial charge in [0, 0.05) is 33.1 Å². The second kappa shape index (κ2) is 11.8. The van der Waals surface area contributed by atoms with Gasteiger partial charge in [0.1, 0.15) is 11.2 Å². The molecular weight excluding hydrogens is 583 g/mol. The number of nitrogens with zero attached hydrogens (tertiary/aromatic N) is 1. The van der Waals surface area contributed by atoms with Crippen LogP contribution in [0.15, 0.2) is 192 Å². The van der Waals surface area contributed by atoms with Crippen LogP contribution >= 0.6 is 0 Å². The van der Waals surface area contributed by atoms with E-state index >= 15 is 0 Å². The summed E-state index contributed by atoms with van der Waals surface area (Å²) in [5, 5.41) is 4.52. The maximum absolute atomic E-state index is 6.98. The Kier molecular flexibility index (Phi) is 6.84. The molecule has 0 amide bonds. The summed E-state index contributed by atoms with van der Waals surface area (Å²) in [4.78, 5) is 2.35. The Hall–Kier alpha value is -6.38. The maximum atomic E-state index is 6.98. The first-order valence-corrected chi connectivity index (χ1v) is 16.4. The smallest absolute Gasteiger partial charge is 0.145 e. The van der Waals surface area contributed by atoms with Crippen LogP contribution < -0.4 is 4.90 Å². The van der Waals surface area contributed by atoms with Crippen LogP contribution in [0.3, 0.4) is 0 Å². The standard InChI is InChI=1S/C46H31NO/c1-4-12-32(13-5-1)34-20-22-37(23-21-34)44-43(31-30-42-41-29-26-36-16-10-11-19-40(36)45(41)48-46(42)44)47(38-17-8-3-9-18-38)39-27-24-35(25-28-39)33-14-6-2-7-15-33/h1-31H. The van der Waals surface area contributed by atoms with Crippen LogP contribution in [0.2, 0.25) is 0 Å². The highest BCUT2D eigenvalue weighted by Crippen LogP contribution is 2.47. The lowest BCUT2D eigenvalue weighted by atomic mass is 9.96. The van der Waals surface area contributed by atoms with Gasteiger partial charge in [-0.2, -0.15) is 0 Å². The first-order valence-electron chi connectivity index (χ1n) is 16.4. The fourth-order valence-electron chi connectivity index (χ4n) is 6.92. The van der Waals surface area contributed by atoms with Gasteiger partial charge in [0.2, 0.25) is 0 Å². The molecule has 9 rings (SSSR count). The summed E-state index contributed by atoms with van der Waals surface area (Å²) in [6.45, 7) is 0. The SMILES string of the molecule is c1ccc(-c2ccc(-c3c(N(c4ccccc4)c4ccc(-c5ccccc5)cc4)ccc4c3oc3c5ccccc5ccc43)cc2)cc1. The zero-order valence-corrected chi connectivity index (χ0v) is 26.3. The molecule has 0 aliphatic heterocycles. The lowest BCUT2D eigenvalue weighted by molar-refractivity contribution is 0.674. The molecule has 0 bridgehead atoms. The van der Waals surface area contributed by atoms with E-state index in [9.17, 15) is 0 Å². The molecule has 0 radical (unpaired) electrons. The second-order valence-electron chi connectivity index (χ2n) is 12.1. The number of furan rings is 1. The molecule has 1 aromatic heterocycles. The Labute approximate surface area is 279 Å². The van der Waals surface area contributed by atoms with Crippen LogP contribution in [0.1, 0.15) is 0 Å². The van der Waals surface area contributed by atoms with Gasteiger partial charge in [-0.15, -0.1) is 0 Å². The first-order chi connectivity index (χ1) is 23.8. The highest BCUT2D eigenvalue weighted by molar-refractivity contribution is 6.19. The molecule has 0 saturated heterocycles. The molecule has 0 fully saturated rings. The number of hydrogen-bond acceptors (Lipinski definition) is 2. The number of fused-ring (bicyclic) bond motifs is 5. The number of hydrogen-bond donors (Lipinski definition) is 0. The number of rotatable bonds is 6. The summed E-state index contributed by atoms with van der Waals surface area (Å²) < 4.78 is 6.98. The van der Waals surface area contributed by atoms with E-state index in [-0.39, 0.29) is 0 Å². The quantitative estimate of drug-likeness (QED) is 0.185. The second-order valence-corrected chi connectivity index (χ2v) is 12.1. The van der Waals surface area contributed by atoms with Gasteiger partial charge in [0.05, 0.1) is 5.69 Å². The highest BCUT2D eigenvalue weighted by Gasteiger charge is 2.23. The molecule has 0 unspecified atom stereocenters. The van der Waals surface area contributed by atoms with Crippen molar-refractivity contribution in [1.82, 2.24) is 0 Å². The highest BCUT2D eigenvalue weighted by atomic mass is 16.3. The molecule has 2 heteroatoms. The molecule has 0 N–H and O–H groups in total. The van der Waals surface area contributed by atoms with Crippen molar-refractivity contribution >= 4 is 49.8 Å². The molecule has 226 valence electrons. The summed E-state index contributed by atoms with van der Waals surface area (Å²) >= 11 is 0. The third-order valence-electron chi connectivity index (χ3n) is 9.28. The molecular formula is C46H31NO. The summed E-state index contributed by atoms with van der Waals surface area (Å²) in [5.41, 5.74) is 11.9. The largest absolute Gasteiger partial charge is 0.455 e. The predicted octanol–water partition coefficient (Wildman–Crippen LogP) is 13.2. The van der Waals surface area contributed by atoms with Gasteiger partial charge < -0.3 is 9.32 Å². The third-order valence-corrected chi connectivity index (χ3v) is 9.28. The van der Waals surface area contributed by atoms with E-state index in [1.54, 1.807) is 0 Å². The van der Waals surface area contributed by atoms with Crippen molar-refractivity contribution in [3.63, 3.8) is 0 Å². The Morgan fingerprint density at radius 2 is 0.792 bits per heavy atom. The van der Waals surface area contributed by atoms with E-state index in [1.807, 2.05) is 0 Å². The van der Waals surface area contributed by atoms with E-state index in [1.165, 1.54) is 27.6 Å². The fraction of sp³-hybridized carbons (Fsp3) is 0. The zero-order chi connectivity index (χ0) is 31.9. The topological polar surface area (TPSA) is 16.4 Å². The molecule has 8 aromatic carbocycles. The first kappa shape index (κ1) is 27.9. The van der Waals surface area contributed by atoms with E-state index in [4.69, 9.17) is 4.42 Å². The molecule has 0 spiro atoms. The normalized spacial score (nSPS) is 11.3. The molecule has 0 aliphatic carbocycles. The van der Waals surface area contributed by atoms with Gasteiger partial charge in [-0.3, -0.25) is 0 Å². The minimum absolute atomic E-state index is 0.883. The van der Waals surface area contributed by atoms with Crippen LogP contribution in [0.4, 0.5) is 17.1 Å². The molecule has 0 saturated carbocycles. The van der Waals surface area contributed by atoms with Crippen LogP contribution in [0, 0.1) is 0 Å². The van der Waals surface area contributed by atoms with Crippen molar-refractivity contribution in [2.45, 2.75) is 0 Å². The molecule has 2 nitrogen and oxygen atoms in total. The van der Waals surface area contributed by atoms with Crippen LogP contribution in [0.25, 0.3) is 66.1 Å². The Balaban J connectivity index is 1.30. The van der Waals surface area contributed by atoms with Crippen molar-refractivity contribution in [1.29, 1.82) is 0 Å². The summed E-state index contributed by atoms with van der Waals surface area (Å²) in [6, 6.07) is 66.7. The van der Waals surface area contributed by atoms with Crippen molar-refractivity contribution in [2.24, 2.45) is 0 Å². The van der Waals surface area contributed by atoms with Crippen molar-refractivity contribution in [3.8, 4) is 33.4 Å². The summed E-state index contributed by atoms with van der Waals surface area (Å²) in [6.07, 6.45) is 0. The maximum Gasteiger partial charge on any atom is 0.145 e. The number of anilines is 3.